The third-order valence-corrected chi connectivity index (χ3v) is 2.10. The Bertz CT molecular complexity index is 225. The normalized spacial score (nSPS) is 14.3. The fraction of sp³-hybridized carbons (Fsp3) is 0.800. The Morgan fingerprint density at radius 3 is 2.53 bits per heavy atom. The van der Waals surface area contributed by atoms with Crippen molar-refractivity contribution < 1.29 is 19.4 Å². The maximum atomic E-state index is 11.1. The highest BCUT2D eigenvalue weighted by Crippen LogP contribution is 2.09. The number of unbranched alkanes of at least 4 members (excludes halogenated alkanes) is 1. The molecule has 15 heavy (non-hydrogen) atoms. The van der Waals surface area contributed by atoms with E-state index in [2.05, 4.69) is 0 Å². The molecule has 3 N–H and O–H groups in total. The number of ether oxygens (including phenoxy) is 1. The molecule has 0 spiro atoms. The zero-order valence-electron chi connectivity index (χ0n) is 9.28. The molecule has 0 aromatic rings. The van der Waals surface area contributed by atoms with Gasteiger partial charge in [0.05, 0.1) is 6.61 Å². The molecule has 0 fully saturated rings. The predicted octanol–water partition coefficient (Wildman–Crippen LogP) is 0.912. The SMILES string of the molecule is CCCCOC(=O)CC[C@](C)(N)C(=O)O. The number of rotatable bonds is 7. The summed E-state index contributed by atoms with van der Waals surface area (Å²) in [5.41, 5.74) is 4.10. The van der Waals surface area contributed by atoms with Gasteiger partial charge in [0.15, 0.2) is 0 Å². The standard InChI is InChI=1S/C10H19NO4/c1-3-4-7-15-8(12)5-6-10(2,11)9(13)14/h3-7,11H2,1-2H3,(H,13,14)/t10-/m0/s1. The number of esters is 1. The third kappa shape index (κ3) is 6.06. The van der Waals surface area contributed by atoms with Crippen LogP contribution in [0.4, 0.5) is 0 Å². The minimum absolute atomic E-state index is 0.0447. The van der Waals surface area contributed by atoms with Gasteiger partial charge in [0.2, 0.25) is 0 Å². The van der Waals surface area contributed by atoms with Gasteiger partial charge in [-0.3, -0.25) is 9.59 Å². The molecule has 0 saturated heterocycles. The molecule has 0 unspecified atom stereocenters. The fourth-order valence-corrected chi connectivity index (χ4v) is 0.871. The molecule has 5 heteroatoms. The van der Waals surface area contributed by atoms with E-state index in [1.54, 1.807) is 0 Å². The van der Waals surface area contributed by atoms with E-state index < -0.39 is 11.5 Å². The van der Waals surface area contributed by atoms with Crippen LogP contribution in [0.5, 0.6) is 0 Å². The van der Waals surface area contributed by atoms with E-state index >= 15 is 0 Å². The Labute approximate surface area is 89.6 Å². The molecule has 0 aromatic carbocycles. The number of hydrogen-bond acceptors (Lipinski definition) is 4. The zero-order valence-corrected chi connectivity index (χ0v) is 9.28. The van der Waals surface area contributed by atoms with Crippen molar-refractivity contribution in [3.05, 3.63) is 0 Å². The number of carboxylic acid groups (broad SMARTS) is 1. The van der Waals surface area contributed by atoms with Gasteiger partial charge in [0.1, 0.15) is 5.54 Å². The molecule has 88 valence electrons. The van der Waals surface area contributed by atoms with Gasteiger partial charge in [-0.1, -0.05) is 13.3 Å². The molecule has 0 heterocycles. The van der Waals surface area contributed by atoms with Gasteiger partial charge in [-0.15, -0.1) is 0 Å². The van der Waals surface area contributed by atoms with Crippen molar-refractivity contribution in [2.24, 2.45) is 5.73 Å². The lowest BCUT2D eigenvalue weighted by Crippen LogP contribution is -2.45. The monoisotopic (exact) mass is 217 g/mol. The predicted molar refractivity (Wildman–Crippen MR) is 55.3 cm³/mol. The summed E-state index contributed by atoms with van der Waals surface area (Å²) in [5.74, 6) is -1.50. The summed E-state index contributed by atoms with van der Waals surface area (Å²) in [6.07, 6.45) is 1.91. The number of carboxylic acids is 1. The van der Waals surface area contributed by atoms with Gasteiger partial charge >= 0.3 is 11.9 Å². The number of carbonyl (C=O) groups is 2. The first-order valence-electron chi connectivity index (χ1n) is 5.08. The van der Waals surface area contributed by atoms with Crippen LogP contribution in [0.2, 0.25) is 0 Å². The average molecular weight is 217 g/mol. The number of nitrogens with two attached hydrogens (primary N) is 1. The van der Waals surface area contributed by atoms with E-state index in [1.807, 2.05) is 6.92 Å². The van der Waals surface area contributed by atoms with Crippen LogP contribution in [0, 0.1) is 0 Å². The molecule has 0 aliphatic carbocycles. The molecule has 0 bridgehead atoms. The first kappa shape index (κ1) is 13.9. The lowest BCUT2D eigenvalue weighted by atomic mass is 9.98. The van der Waals surface area contributed by atoms with Crippen molar-refractivity contribution in [1.82, 2.24) is 0 Å². The van der Waals surface area contributed by atoms with Gasteiger partial charge in [0.25, 0.3) is 0 Å². The van der Waals surface area contributed by atoms with Crippen LogP contribution in [-0.4, -0.2) is 29.2 Å². The van der Waals surface area contributed by atoms with Crippen molar-refractivity contribution in [3.63, 3.8) is 0 Å². The van der Waals surface area contributed by atoms with Gasteiger partial charge < -0.3 is 15.6 Å². The van der Waals surface area contributed by atoms with Crippen LogP contribution in [0.1, 0.15) is 39.5 Å². The molecule has 5 nitrogen and oxygen atoms in total. The summed E-state index contributed by atoms with van der Waals surface area (Å²) in [7, 11) is 0. The number of hydrogen-bond donors (Lipinski definition) is 2. The summed E-state index contributed by atoms with van der Waals surface area (Å²) in [6, 6.07) is 0. The van der Waals surface area contributed by atoms with Gasteiger partial charge in [-0.05, 0) is 19.8 Å². The van der Waals surface area contributed by atoms with Crippen molar-refractivity contribution in [1.29, 1.82) is 0 Å². The first-order valence-corrected chi connectivity index (χ1v) is 5.08. The molecule has 0 aliphatic rings. The summed E-state index contributed by atoms with van der Waals surface area (Å²) in [6.45, 7) is 3.77. The quantitative estimate of drug-likeness (QED) is 0.488. The van der Waals surface area contributed by atoms with Crippen LogP contribution in [0.25, 0.3) is 0 Å². The van der Waals surface area contributed by atoms with Crippen molar-refractivity contribution in [3.8, 4) is 0 Å². The highest BCUT2D eigenvalue weighted by atomic mass is 16.5. The molecular formula is C10H19NO4. The molecule has 0 radical (unpaired) electrons. The fourth-order valence-electron chi connectivity index (χ4n) is 0.871. The third-order valence-electron chi connectivity index (χ3n) is 2.10. The second-order valence-electron chi connectivity index (χ2n) is 3.80. The highest BCUT2D eigenvalue weighted by molar-refractivity contribution is 5.79. The van der Waals surface area contributed by atoms with Crippen LogP contribution in [0.3, 0.4) is 0 Å². The molecule has 0 aliphatic heterocycles. The number of aliphatic carboxylic acids is 1. The second-order valence-corrected chi connectivity index (χ2v) is 3.80. The summed E-state index contributed by atoms with van der Waals surface area (Å²) in [4.78, 5) is 21.7. The molecule has 0 rings (SSSR count). The van der Waals surface area contributed by atoms with Gasteiger partial charge in [-0.2, -0.15) is 0 Å². The Morgan fingerprint density at radius 2 is 2.07 bits per heavy atom. The van der Waals surface area contributed by atoms with E-state index in [0.29, 0.717) is 6.61 Å². The van der Waals surface area contributed by atoms with Gasteiger partial charge in [0, 0.05) is 6.42 Å². The molecular weight excluding hydrogens is 198 g/mol. The Morgan fingerprint density at radius 1 is 1.47 bits per heavy atom. The van der Waals surface area contributed by atoms with Crippen molar-refractivity contribution >= 4 is 11.9 Å². The zero-order chi connectivity index (χ0) is 11.9. The summed E-state index contributed by atoms with van der Waals surface area (Å²) < 4.78 is 4.87. The van der Waals surface area contributed by atoms with Crippen molar-refractivity contribution in [2.45, 2.75) is 45.1 Å². The highest BCUT2D eigenvalue weighted by Gasteiger charge is 2.28. The molecule has 0 saturated carbocycles. The van der Waals surface area contributed by atoms with E-state index in [9.17, 15) is 9.59 Å². The van der Waals surface area contributed by atoms with E-state index in [1.165, 1.54) is 6.92 Å². The summed E-state index contributed by atoms with van der Waals surface area (Å²) >= 11 is 0. The van der Waals surface area contributed by atoms with E-state index in [0.717, 1.165) is 12.8 Å². The van der Waals surface area contributed by atoms with Crippen LogP contribution in [-0.2, 0) is 14.3 Å². The van der Waals surface area contributed by atoms with Crippen LogP contribution in [0.15, 0.2) is 0 Å². The van der Waals surface area contributed by atoms with Crippen molar-refractivity contribution in [2.75, 3.05) is 6.61 Å². The maximum Gasteiger partial charge on any atom is 0.323 e. The lowest BCUT2D eigenvalue weighted by molar-refractivity contribution is -0.146. The maximum absolute atomic E-state index is 11.1. The van der Waals surface area contributed by atoms with Gasteiger partial charge in [-0.25, -0.2) is 0 Å². The smallest absolute Gasteiger partial charge is 0.323 e. The Balaban J connectivity index is 3.75. The Kier molecular flexibility index (Phi) is 5.93. The minimum Gasteiger partial charge on any atom is -0.480 e. The van der Waals surface area contributed by atoms with Crippen LogP contribution < -0.4 is 5.73 Å². The second kappa shape index (κ2) is 6.40. The lowest BCUT2D eigenvalue weighted by Gasteiger charge is -2.17. The van der Waals surface area contributed by atoms with E-state index in [4.69, 9.17) is 15.6 Å². The average Bonchev–Trinajstić information content (AvgIpc) is 2.15. The van der Waals surface area contributed by atoms with Crippen LogP contribution >= 0.6 is 0 Å². The van der Waals surface area contributed by atoms with E-state index in [-0.39, 0.29) is 18.8 Å². The first-order chi connectivity index (χ1) is 6.90. The molecule has 0 amide bonds. The molecule has 0 aromatic heterocycles. The Hall–Kier alpha value is -1.10. The number of carbonyl (C=O) groups excluding carboxylic acids is 1. The minimum atomic E-state index is -1.36. The largest absolute Gasteiger partial charge is 0.480 e. The topological polar surface area (TPSA) is 89.6 Å². The summed E-state index contributed by atoms with van der Waals surface area (Å²) in [5, 5.41) is 8.69. The molecule has 1 atom stereocenters.